The van der Waals surface area contributed by atoms with E-state index in [1.165, 1.54) is 10.3 Å². The number of aryl methyl sites for hydroxylation is 1. The van der Waals surface area contributed by atoms with Crippen LogP contribution >= 0.6 is 11.3 Å². The zero-order chi connectivity index (χ0) is 19.8. The van der Waals surface area contributed by atoms with Crippen molar-refractivity contribution in [2.75, 3.05) is 18.0 Å². The summed E-state index contributed by atoms with van der Waals surface area (Å²) in [6, 6.07) is 15.9. The van der Waals surface area contributed by atoms with Crippen LogP contribution in [0.2, 0.25) is 0 Å². The SMILES string of the molecule is Cc1ccc2nc(N3CC(C(=O)NCc4nc(-c5ccccc5)no4)C3)sc2c1. The zero-order valence-corrected chi connectivity index (χ0v) is 16.6. The molecule has 5 rings (SSSR count). The number of thiazole rings is 1. The van der Waals surface area contributed by atoms with Gasteiger partial charge in [-0.15, -0.1) is 0 Å². The molecule has 0 spiro atoms. The molecule has 0 aliphatic carbocycles. The first-order chi connectivity index (χ1) is 14.2. The van der Waals surface area contributed by atoms with Crippen LogP contribution in [-0.2, 0) is 11.3 Å². The lowest BCUT2D eigenvalue weighted by molar-refractivity contribution is -0.126. The number of amides is 1. The minimum Gasteiger partial charge on any atom is -0.347 e. The predicted octanol–water partition coefficient (Wildman–Crippen LogP) is 3.41. The number of carbonyl (C=O) groups excluding carboxylic acids is 1. The second kappa shape index (κ2) is 7.29. The summed E-state index contributed by atoms with van der Waals surface area (Å²) in [6.07, 6.45) is 0. The number of hydrogen-bond donors (Lipinski definition) is 1. The van der Waals surface area contributed by atoms with Gasteiger partial charge < -0.3 is 14.7 Å². The summed E-state index contributed by atoms with van der Waals surface area (Å²) in [5.74, 6) is 0.864. The van der Waals surface area contributed by atoms with Crippen molar-refractivity contribution in [1.29, 1.82) is 0 Å². The molecule has 8 heteroatoms. The van der Waals surface area contributed by atoms with Gasteiger partial charge in [0, 0.05) is 18.7 Å². The first-order valence-electron chi connectivity index (χ1n) is 9.43. The van der Waals surface area contributed by atoms with Crippen LogP contribution in [-0.4, -0.2) is 34.1 Å². The van der Waals surface area contributed by atoms with Gasteiger partial charge in [-0.1, -0.05) is 52.9 Å². The fourth-order valence-electron chi connectivity index (χ4n) is 3.29. The lowest BCUT2D eigenvalue weighted by Gasteiger charge is -2.37. The molecular formula is C21H19N5O2S. The number of fused-ring (bicyclic) bond motifs is 1. The van der Waals surface area contributed by atoms with E-state index in [2.05, 4.69) is 44.4 Å². The highest BCUT2D eigenvalue weighted by Gasteiger charge is 2.34. The summed E-state index contributed by atoms with van der Waals surface area (Å²) in [5, 5.41) is 7.83. The number of aromatic nitrogens is 3. The first-order valence-corrected chi connectivity index (χ1v) is 10.3. The molecule has 4 aromatic rings. The molecule has 146 valence electrons. The number of benzene rings is 2. The average molecular weight is 405 g/mol. The van der Waals surface area contributed by atoms with Crippen molar-refractivity contribution in [2.24, 2.45) is 5.92 Å². The summed E-state index contributed by atoms with van der Waals surface area (Å²) in [5.41, 5.74) is 3.12. The largest absolute Gasteiger partial charge is 0.347 e. The molecule has 7 nitrogen and oxygen atoms in total. The van der Waals surface area contributed by atoms with Gasteiger partial charge in [-0.3, -0.25) is 4.79 Å². The summed E-state index contributed by atoms with van der Waals surface area (Å²) >= 11 is 1.67. The van der Waals surface area contributed by atoms with Crippen LogP contribution in [0.5, 0.6) is 0 Å². The average Bonchev–Trinajstić information content (AvgIpc) is 3.32. The highest BCUT2D eigenvalue weighted by Crippen LogP contribution is 2.33. The van der Waals surface area contributed by atoms with E-state index < -0.39 is 0 Å². The van der Waals surface area contributed by atoms with Crippen molar-refractivity contribution in [3.63, 3.8) is 0 Å². The number of carbonyl (C=O) groups is 1. The molecule has 1 fully saturated rings. The summed E-state index contributed by atoms with van der Waals surface area (Å²) in [7, 11) is 0. The van der Waals surface area contributed by atoms with E-state index in [-0.39, 0.29) is 18.4 Å². The normalized spacial score (nSPS) is 14.2. The Bertz CT molecular complexity index is 1160. The summed E-state index contributed by atoms with van der Waals surface area (Å²) < 4.78 is 6.42. The molecule has 29 heavy (non-hydrogen) atoms. The maximum atomic E-state index is 12.4. The van der Waals surface area contributed by atoms with Crippen molar-refractivity contribution in [3.8, 4) is 11.4 Å². The molecule has 2 aromatic carbocycles. The number of hydrogen-bond acceptors (Lipinski definition) is 7. The molecule has 1 saturated heterocycles. The highest BCUT2D eigenvalue weighted by atomic mass is 32.1. The maximum absolute atomic E-state index is 12.4. The molecule has 0 unspecified atom stereocenters. The molecule has 1 aliphatic rings. The van der Waals surface area contributed by atoms with Gasteiger partial charge in [0.1, 0.15) is 0 Å². The quantitative estimate of drug-likeness (QED) is 0.548. The molecule has 1 amide bonds. The lowest BCUT2D eigenvalue weighted by atomic mass is 10.0. The van der Waals surface area contributed by atoms with Crippen LogP contribution in [0.1, 0.15) is 11.5 Å². The van der Waals surface area contributed by atoms with Gasteiger partial charge >= 0.3 is 0 Å². The van der Waals surface area contributed by atoms with Crippen LogP contribution in [0.15, 0.2) is 53.1 Å². The third-order valence-corrected chi connectivity index (χ3v) is 6.05. The monoisotopic (exact) mass is 405 g/mol. The van der Waals surface area contributed by atoms with Gasteiger partial charge in [0.05, 0.1) is 22.7 Å². The molecule has 0 radical (unpaired) electrons. The van der Waals surface area contributed by atoms with Crippen molar-refractivity contribution in [1.82, 2.24) is 20.4 Å². The summed E-state index contributed by atoms with van der Waals surface area (Å²) in [6.45, 7) is 3.65. The van der Waals surface area contributed by atoms with Gasteiger partial charge in [-0.2, -0.15) is 4.98 Å². The van der Waals surface area contributed by atoms with Crippen LogP contribution < -0.4 is 10.2 Å². The van der Waals surface area contributed by atoms with E-state index in [0.29, 0.717) is 24.8 Å². The van der Waals surface area contributed by atoms with E-state index in [0.717, 1.165) is 16.2 Å². The fourth-order valence-corrected chi connectivity index (χ4v) is 4.38. The third-order valence-electron chi connectivity index (χ3n) is 4.97. The van der Waals surface area contributed by atoms with Crippen LogP contribution in [0, 0.1) is 12.8 Å². The Labute approximate surface area is 171 Å². The predicted molar refractivity (Wildman–Crippen MR) is 112 cm³/mol. The highest BCUT2D eigenvalue weighted by molar-refractivity contribution is 7.22. The van der Waals surface area contributed by atoms with Crippen LogP contribution in [0.4, 0.5) is 5.13 Å². The van der Waals surface area contributed by atoms with Crippen LogP contribution in [0.3, 0.4) is 0 Å². The van der Waals surface area contributed by atoms with E-state index in [1.54, 1.807) is 11.3 Å². The van der Waals surface area contributed by atoms with Crippen molar-refractivity contribution < 1.29 is 9.32 Å². The topological polar surface area (TPSA) is 84.2 Å². The Morgan fingerprint density at radius 1 is 1.21 bits per heavy atom. The molecule has 0 bridgehead atoms. The van der Waals surface area contributed by atoms with Gasteiger partial charge in [0.2, 0.25) is 17.6 Å². The van der Waals surface area contributed by atoms with Crippen molar-refractivity contribution in [2.45, 2.75) is 13.5 Å². The number of nitrogens with one attached hydrogen (secondary N) is 1. The van der Waals surface area contributed by atoms with Gasteiger partial charge in [0.25, 0.3) is 0 Å². The number of rotatable bonds is 5. The first kappa shape index (κ1) is 17.8. The summed E-state index contributed by atoms with van der Waals surface area (Å²) in [4.78, 5) is 23.6. The standard InChI is InChI=1S/C21H19N5O2S/c1-13-7-8-16-17(9-13)29-21(23-16)26-11-15(12-26)20(27)22-10-18-24-19(25-28-18)14-5-3-2-4-6-14/h2-9,15H,10-12H2,1H3,(H,22,27). The van der Waals surface area contributed by atoms with E-state index >= 15 is 0 Å². The Morgan fingerprint density at radius 2 is 2.03 bits per heavy atom. The fraction of sp³-hybridized carbons (Fsp3) is 0.238. The van der Waals surface area contributed by atoms with E-state index in [1.807, 2.05) is 36.4 Å². The molecule has 2 aromatic heterocycles. The van der Waals surface area contributed by atoms with E-state index in [4.69, 9.17) is 4.52 Å². The molecule has 3 heterocycles. The van der Waals surface area contributed by atoms with Crippen molar-refractivity contribution >= 4 is 32.6 Å². The molecule has 1 aliphatic heterocycles. The smallest absolute Gasteiger partial charge is 0.246 e. The second-order valence-electron chi connectivity index (χ2n) is 7.17. The van der Waals surface area contributed by atoms with Gasteiger partial charge in [-0.05, 0) is 24.6 Å². The number of nitrogens with zero attached hydrogens (tertiary/aromatic N) is 4. The molecule has 1 N–H and O–H groups in total. The van der Waals surface area contributed by atoms with Crippen LogP contribution in [0.25, 0.3) is 21.6 Å². The Balaban J connectivity index is 1.15. The molecule has 0 atom stereocenters. The minimum atomic E-state index is -0.0553. The second-order valence-corrected chi connectivity index (χ2v) is 8.17. The third kappa shape index (κ3) is 3.58. The molecule has 0 saturated carbocycles. The maximum Gasteiger partial charge on any atom is 0.246 e. The minimum absolute atomic E-state index is 0.00216. The van der Waals surface area contributed by atoms with Crippen molar-refractivity contribution in [3.05, 3.63) is 60.0 Å². The Morgan fingerprint density at radius 3 is 2.86 bits per heavy atom. The Hall–Kier alpha value is -3.26. The van der Waals surface area contributed by atoms with E-state index in [9.17, 15) is 4.79 Å². The van der Waals surface area contributed by atoms with Gasteiger partial charge in [0.15, 0.2) is 5.13 Å². The lowest BCUT2D eigenvalue weighted by Crippen LogP contribution is -2.53. The number of anilines is 1. The molecular weight excluding hydrogens is 386 g/mol. The Kier molecular flexibility index (Phi) is 4.48. The van der Waals surface area contributed by atoms with Gasteiger partial charge in [-0.25, -0.2) is 4.98 Å². The zero-order valence-electron chi connectivity index (χ0n) is 15.8.